The molecular formula is C23H47NO5Si2. The van der Waals surface area contributed by atoms with E-state index in [-0.39, 0.29) is 34.9 Å². The van der Waals surface area contributed by atoms with E-state index in [1.54, 1.807) is 4.90 Å². The quantitative estimate of drug-likeness (QED) is 0.444. The molecule has 1 amide bonds. The third-order valence-electron chi connectivity index (χ3n) is 6.99. The molecule has 0 bridgehead atoms. The number of carbonyl (C=O) groups excluding carboxylic acids is 2. The van der Waals surface area contributed by atoms with Crippen LogP contribution in [0.4, 0.5) is 4.79 Å². The van der Waals surface area contributed by atoms with E-state index in [9.17, 15) is 9.59 Å². The Morgan fingerprint density at radius 2 is 1.29 bits per heavy atom. The lowest BCUT2D eigenvalue weighted by Gasteiger charge is -2.39. The van der Waals surface area contributed by atoms with Gasteiger partial charge >= 0.3 is 6.09 Å². The summed E-state index contributed by atoms with van der Waals surface area (Å²) in [5.74, 6) is 0.0217. The summed E-state index contributed by atoms with van der Waals surface area (Å²) >= 11 is 0. The average Bonchev–Trinajstić information content (AvgIpc) is 2.83. The second-order valence-corrected chi connectivity index (χ2v) is 22.5. The lowest BCUT2D eigenvalue weighted by molar-refractivity contribution is -0.120. The van der Waals surface area contributed by atoms with Crippen LogP contribution in [0.25, 0.3) is 0 Å². The van der Waals surface area contributed by atoms with Gasteiger partial charge in [0, 0.05) is 6.42 Å². The van der Waals surface area contributed by atoms with Crippen molar-refractivity contribution < 1.29 is 23.2 Å². The number of amides is 1. The third-order valence-corrected chi connectivity index (χ3v) is 16.0. The van der Waals surface area contributed by atoms with Gasteiger partial charge in [-0.05, 0) is 57.0 Å². The smallest absolute Gasteiger partial charge is 0.411 e. The topological polar surface area (TPSA) is 65.1 Å². The van der Waals surface area contributed by atoms with Crippen LogP contribution >= 0.6 is 0 Å². The molecule has 8 heteroatoms. The predicted molar refractivity (Wildman–Crippen MR) is 132 cm³/mol. The van der Waals surface area contributed by atoms with E-state index in [1.807, 2.05) is 20.8 Å². The van der Waals surface area contributed by atoms with Crippen LogP contribution in [-0.2, 0) is 18.4 Å². The molecule has 1 rings (SSSR count). The van der Waals surface area contributed by atoms with Crippen molar-refractivity contribution in [3.8, 4) is 0 Å². The summed E-state index contributed by atoms with van der Waals surface area (Å²) in [7, 11) is -4.08. The molecule has 1 aliphatic rings. The molecular weight excluding hydrogens is 426 g/mol. The number of Topliss-reactive ketones (excluding diaryl/α,β-unsaturated/α-hetero) is 1. The first-order chi connectivity index (χ1) is 13.6. The number of likely N-dealkylation sites (tertiary alicyclic amines) is 1. The fourth-order valence-corrected chi connectivity index (χ4v) is 4.85. The lowest BCUT2D eigenvalue weighted by atomic mass is 10.2. The fraction of sp³-hybridized carbons (Fsp3) is 0.913. The van der Waals surface area contributed by atoms with Gasteiger partial charge in [0.2, 0.25) is 0 Å². The minimum Gasteiger partial charge on any atom is -0.444 e. The molecule has 0 spiro atoms. The molecule has 31 heavy (non-hydrogen) atoms. The zero-order valence-corrected chi connectivity index (χ0v) is 24.3. The van der Waals surface area contributed by atoms with Gasteiger partial charge in [0.05, 0.1) is 19.3 Å². The Balaban J connectivity index is 3.10. The number of ether oxygens (including phenoxy) is 1. The van der Waals surface area contributed by atoms with Crippen LogP contribution in [0.1, 0.15) is 68.7 Å². The SMILES string of the molecule is CC(C)(C)OC(=O)N1[C@@H](CO[Si](C)(C)C(C)(C)C)CC(=O)[C@H]1CO[Si](C)(C)C(C)(C)C. The van der Waals surface area contributed by atoms with E-state index in [0.29, 0.717) is 6.61 Å². The molecule has 1 saturated heterocycles. The van der Waals surface area contributed by atoms with Gasteiger partial charge in [-0.2, -0.15) is 0 Å². The largest absolute Gasteiger partial charge is 0.444 e. The molecule has 0 N–H and O–H groups in total. The lowest BCUT2D eigenvalue weighted by Crippen LogP contribution is -2.52. The molecule has 0 aromatic heterocycles. The second-order valence-electron chi connectivity index (χ2n) is 12.9. The number of rotatable bonds is 6. The van der Waals surface area contributed by atoms with Crippen LogP contribution in [0, 0.1) is 0 Å². The molecule has 1 aliphatic heterocycles. The fourth-order valence-electron chi connectivity index (χ4n) is 2.80. The molecule has 0 aromatic rings. The van der Waals surface area contributed by atoms with Gasteiger partial charge in [0.15, 0.2) is 22.4 Å². The first-order valence-corrected chi connectivity index (χ1v) is 17.2. The summed E-state index contributed by atoms with van der Waals surface area (Å²) in [5.41, 5.74) is -0.640. The highest BCUT2D eigenvalue weighted by Gasteiger charge is 2.48. The van der Waals surface area contributed by atoms with Crippen molar-refractivity contribution in [1.82, 2.24) is 4.90 Å². The van der Waals surface area contributed by atoms with Gasteiger partial charge in [0.1, 0.15) is 11.6 Å². The van der Waals surface area contributed by atoms with Crippen LogP contribution in [0.2, 0.25) is 36.3 Å². The highest BCUT2D eigenvalue weighted by molar-refractivity contribution is 6.74. The maximum atomic E-state index is 13.1. The Labute approximate surface area is 192 Å². The minimum absolute atomic E-state index is 0.0217. The Hall–Kier alpha value is -0.706. The van der Waals surface area contributed by atoms with Gasteiger partial charge in [-0.1, -0.05) is 41.5 Å². The second kappa shape index (κ2) is 9.27. The van der Waals surface area contributed by atoms with Crippen LogP contribution in [-0.4, -0.2) is 64.3 Å². The third kappa shape index (κ3) is 7.40. The molecule has 0 saturated carbocycles. The molecule has 182 valence electrons. The highest BCUT2D eigenvalue weighted by Crippen LogP contribution is 2.39. The van der Waals surface area contributed by atoms with E-state index in [1.165, 1.54) is 0 Å². The molecule has 0 unspecified atom stereocenters. The van der Waals surface area contributed by atoms with E-state index in [4.69, 9.17) is 13.6 Å². The summed E-state index contributed by atoms with van der Waals surface area (Å²) in [5, 5.41) is 0.0768. The summed E-state index contributed by atoms with van der Waals surface area (Å²) in [6.07, 6.45) is -0.189. The molecule has 1 heterocycles. The minimum atomic E-state index is -2.06. The zero-order chi connectivity index (χ0) is 24.6. The number of nitrogens with zero attached hydrogens (tertiary/aromatic N) is 1. The maximum Gasteiger partial charge on any atom is 0.411 e. The summed E-state index contributed by atoms with van der Waals surface area (Å²) in [6, 6.07) is -0.957. The van der Waals surface area contributed by atoms with E-state index >= 15 is 0 Å². The van der Waals surface area contributed by atoms with Gasteiger partial charge in [-0.25, -0.2) is 4.79 Å². The van der Waals surface area contributed by atoms with Crippen molar-refractivity contribution >= 4 is 28.5 Å². The van der Waals surface area contributed by atoms with Gasteiger partial charge in [-0.3, -0.25) is 9.69 Å². The van der Waals surface area contributed by atoms with Crippen molar-refractivity contribution in [2.45, 2.75) is 123 Å². The van der Waals surface area contributed by atoms with Crippen molar-refractivity contribution in [3.05, 3.63) is 0 Å². The van der Waals surface area contributed by atoms with E-state index in [2.05, 4.69) is 67.7 Å². The van der Waals surface area contributed by atoms with E-state index in [0.717, 1.165) is 0 Å². The van der Waals surface area contributed by atoms with Crippen molar-refractivity contribution in [3.63, 3.8) is 0 Å². The Bertz CT molecular complexity index is 656. The van der Waals surface area contributed by atoms with Gasteiger partial charge in [-0.15, -0.1) is 0 Å². The highest BCUT2D eigenvalue weighted by atomic mass is 28.4. The van der Waals surface area contributed by atoms with Crippen LogP contribution in [0.5, 0.6) is 0 Å². The molecule has 6 nitrogen and oxygen atoms in total. The summed E-state index contributed by atoms with van der Waals surface area (Å²) < 4.78 is 18.4. The van der Waals surface area contributed by atoms with Gasteiger partial charge < -0.3 is 13.6 Å². The zero-order valence-electron chi connectivity index (χ0n) is 22.3. The first kappa shape index (κ1) is 28.3. The number of carbonyl (C=O) groups is 2. The predicted octanol–water partition coefficient (Wildman–Crippen LogP) is 5.98. The number of ketones is 1. The van der Waals surface area contributed by atoms with Crippen LogP contribution in [0.15, 0.2) is 0 Å². The monoisotopic (exact) mass is 473 g/mol. The van der Waals surface area contributed by atoms with Crippen LogP contribution < -0.4 is 0 Å². The Morgan fingerprint density at radius 1 is 0.871 bits per heavy atom. The van der Waals surface area contributed by atoms with E-state index < -0.39 is 34.4 Å². The summed E-state index contributed by atoms with van der Waals surface area (Å²) in [4.78, 5) is 27.7. The molecule has 0 aromatic carbocycles. The average molecular weight is 474 g/mol. The van der Waals surface area contributed by atoms with Crippen molar-refractivity contribution in [2.24, 2.45) is 0 Å². The molecule has 2 atom stereocenters. The standard InChI is InChI=1S/C23H47NO5Si2/c1-21(2,3)29-20(26)24-17(15-27-30(10,11)22(4,5)6)14-19(25)18(24)16-28-31(12,13)23(7,8)9/h17-18H,14-16H2,1-13H3/t17-,18-/m1/s1. The molecule has 1 fully saturated rings. The molecule has 0 radical (unpaired) electrons. The maximum absolute atomic E-state index is 13.1. The Morgan fingerprint density at radius 3 is 1.68 bits per heavy atom. The van der Waals surface area contributed by atoms with Gasteiger partial charge in [0.25, 0.3) is 0 Å². The number of hydrogen-bond acceptors (Lipinski definition) is 5. The molecule has 0 aliphatic carbocycles. The number of hydrogen-bond donors (Lipinski definition) is 0. The Kier molecular flexibility index (Phi) is 8.47. The normalized spacial score (nSPS) is 21.6. The van der Waals surface area contributed by atoms with Crippen molar-refractivity contribution in [2.75, 3.05) is 13.2 Å². The van der Waals surface area contributed by atoms with Crippen LogP contribution in [0.3, 0.4) is 0 Å². The first-order valence-electron chi connectivity index (χ1n) is 11.4. The summed E-state index contributed by atoms with van der Waals surface area (Å²) in [6.45, 7) is 27.8. The van der Waals surface area contributed by atoms with Crippen molar-refractivity contribution in [1.29, 1.82) is 0 Å².